The first-order valence-corrected chi connectivity index (χ1v) is 7.04. The Labute approximate surface area is 121 Å². The zero-order chi connectivity index (χ0) is 14.9. The lowest BCUT2D eigenvalue weighted by atomic mass is 10.00. The first-order valence-electron chi connectivity index (χ1n) is 7.04. The highest BCUT2D eigenvalue weighted by molar-refractivity contribution is 5.80. The largest absolute Gasteiger partial charge is 0.487 e. The summed E-state index contributed by atoms with van der Waals surface area (Å²) in [5.74, 6) is 1.08. The van der Waals surface area contributed by atoms with Gasteiger partial charge in [0.1, 0.15) is 11.4 Å². The Balaban J connectivity index is 1.98. The van der Waals surface area contributed by atoms with Crippen LogP contribution in [0.15, 0.2) is 18.2 Å². The van der Waals surface area contributed by atoms with Crippen molar-refractivity contribution < 1.29 is 9.53 Å². The van der Waals surface area contributed by atoms with Crippen molar-refractivity contribution in [2.45, 2.75) is 45.4 Å². The van der Waals surface area contributed by atoms with Crippen molar-refractivity contribution in [1.82, 2.24) is 10.2 Å². The molecule has 0 aliphatic carbocycles. The van der Waals surface area contributed by atoms with Gasteiger partial charge in [0.2, 0.25) is 5.91 Å². The van der Waals surface area contributed by atoms with Crippen molar-refractivity contribution in [3.05, 3.63) is 29.3 Å². The molecule has 1 aliphatic heterocycles. The van der Waals surface area contributed by atoms with Crippen molar-refractivity contribution in [3.8, 4) is 5.75 Å². The van der Waals surface area contributed by atoms with Gasteiger partial charge in [0.15, 0.2) is 0 Å². The average Bonchev–Trinajstić information content (AvgIpc) is 2.67. The number of fused-ring (bicyclic) bond motifs is 1. The number of ether oxygens (including phenoxy) is 1. The van der Waals surface area contributed by atoms with Crippen molar-refractivity contribution in [1.29, 1.82) is 0 Å². The number of nitrogens with one attached hydrogen (secondary N) is 1. The molecule has 2 rings (SSSR count). The minimum Gasteiger partial charge on any atom is -0.487 e. The first kappa shape index (κ1) is 14.9. The smallest absolute Gasteiger partial charge is 0.238 e. The summed E-state index contributed by atoms with van der Waals surface area (Å²) in [7, 11) is 3.55. The Hall–Kier alpha value is -1.55. The van der Waals surface area contributed by atoms with Crippen LogP contribution in [-0.2, 0) is 17.8 Å². The third kappa shape index (κ3) is 3.31. The second kappa shape index (κ2) is 5.44. The molecule has 0 saturated carbocycles. The maximum absolute atomic E-state index is 11.8. The molecule has 0 spiro atoms. The lowest BCUT2D eigenvalue weighted by Crippen LogP contribution is -2.41. The number of nitrogens with zero attached hydrogens (tertiary/aromatic N) is 1. The van der Waals surface area contributed by atoms with Crippen LogP contribution in [0.1, 0.15) is 31.9 Å². The molecular weight excluding hydrogens is 252 g/mol. The predicted octanol–water partition coefficient (Wildman–Crippen LogP) is 1.97. The van der Waals surface area contributed by atoms with Gasteiger partial charge in [-0.15, -0.1) is 0 Å². The number of carbonyl (C=O) groups excluding carboxylic acids is 1. The fourth-order valence-electron chi connectivity index (χ4n) is 2.52. The third-order valence-corrected chi connectivity index (χ3v) is 3.55. The van der Waals surface area contributed by atoms with Gasteiger partial charge in [-0.2, -0.15) is 0 Å². The molecule has 1 unspecified atom stereocenters. The van der Waals surface area contributed by atoms with Crippen molar-refractivity contribution in [2.75, 3.05) is 14.1 Å². The molecule has 1 aromatic carbocycles. The number of hydrogen-bond donors (Lipinski definition) is 1. The molecule has 1 aromatic rings. The number of rotatable bonds is 4. The normalized spacial score (nSPS) is 17.2. The molecule has 1 aliphatic rings. The number of likely N-dealkylation sites (N-methyl/N-ethyl adjacent to an activating group) is 1. The van der Waals surface area contributed by atoms with Gasteiger partial charge in [-0.25, -0.2) is 0 Å². The molecule has 1 N–H and O–H groups in total. The second-order valence-electron chi connectivity index (χ2n) is 6.32. The molecule has 20 heavy (non-hydrogen) atoms. The molecule has 1 heterocycles. The van der Waals surface area contributed by atoms with Crippen LogP contribution in [0.3, 0.4) is 0 Å². The van der Waals surface area contributed by atoms with E-state index in [1.807, 2.05) is 13.0 Å². The van der Waals surface area contributed by atoms with E-state index in [0.717, 1.165) is 12.2 Å². The Morgan fingerprint density at radius 2 is 2.15 bits per heavy atom. The maximum atomic E-state index is 11.8. The van der Waals surface area contributed by atoms with E-state index >= 15 is 0 Å². The van der Waals surface area contributed by atoms with Gasteiger partial charge in [-0.05, 0) is 38.0 Å². The number of hydrogen-bond acceptors (Lipinski definition) is 3. The van der Waals surface area contributed by atoms with Gasteiger partial charge in [0.05, 0.1) is 6.04 Å². The van der Waals surface area contributed by atoms with Crippen LogP contribution in [0.5, 0.6) is 5.75 Å². The van der Waals surface area contributed by atoms with E-state index in [1.165, 1.54) is 11.1 Å². The number of benzene rings is 1. The van der Waals surface area contributed by atoms with Crippen LogP contribution in [0.25, 0.3) is 0 Å². The Kier molecular flexibility index (Phi) is 4.04. The summed E-state index contributed by atoms with van der Waals surface area (Å²) in [5, 5.41) is 3.26. The third-order valence-electron chi connectivity index (χ3n) is 3.55. The van der Waals surface area contributed by atoms with Crippen LogP contribution in [0, 0.1) is 0 Å². The quantitative estimate of drug-likeness (QED) is 0.914. The summed E-state index contributed by atoms with van der Waals surface area (Å²) in [6.07, 6.45) is 0.933. The Morgan fingerprint density at radius 3 is 2.80 bits per heavy atom. The standard InChI is InChI=1S/C16H24N2O2/c1-11(15(19)18(4)5)17-10-12-6-7-14-13(8-12)9-16(2,3)20-14/h6-8,11,17H,9-10H2,1-5H3. The Bertz CT molecular complexity index is 509. The molecular formula is C16H24N2O2. The highest BCUT2D eigenvalue weighted by Crippen LogP contribution is 2.35. The summed E-state index contributed by atoms with van der Waals surface area (Å²) in [6, 6.07) is 6.08. The van der Waals surface area contributed by atoms with Crippen molar-refractivity contribution >= 4 is 5.91 Å². The van der Waals surface area contributed by atoms with Crippen LogP contribution in [0.2, 0.25) is 0 Å². The molecule has 0 radical (unpaired) electrons. The molecule has 4 heteroatoms. The van der Waals surface area contributed by atoms with E-state index in [4.69, 9.17) is 4.74 Å². The fraction of sp³-hybridized carbons (Fsp3) is 0.562. The lowest BCUT2D eigenvalue weighted by Gasteiger charge is -2.18. The number of carbonyl (C=O) groups is 1. The van der Waals surface area contributed by atoms with Crippen LogP contribution < -0.4 is 10.1 Å². The van der Waals surface area contributed by atoms with Crippen LogP contribution in [0.4, 0.5) is 0 Å². The molecule has 0 fully saturated rings. The SMILES string of the molecule is CC(NCc1ccc2c(c1)CC(C)(C)O2)C(=O)N(C)C. The predicted molar refractivity (Wildman–Crippen MR) is 79.8 cm³/mol. The molecule has 110 valence electrons. The minimum atomic E-state index is -0.175. The average molecular weight is 276 g/mol. The summed E-state index contributed by atoms with van der Waals surface area (Å²) < 4.78 is 5.86. The van der Waals surface area contributed by atoms with Gasteiger partial charge in [0.25, 0.3) is 0 Å². The monoisotopic (exact) mass is 276 g/mol. The zero-order valence-corrected chi connectivity index (χ0v) is 13.0. The van der Waals surface area contributed by atoms with Crippen LogP contribution in [-0.4, -0.2) is 36.5 Å². The van der Waals surface area contributed by atoms with E-state index in [-0.39, 0.29) is 17.6 Å². The number of amides is 1. The van der Waals surface area contributed by atoms with Crippen LogP contribution >= 0.6 is 0 Å². The van der Waals surface area contributed by atoms with Crippen molar-refractivity contribution in [3.63, 3.8) is 0 Å². The van der Waals surface area contributed by atoms with Crippen molar-refractivity contribution in [2.24, 2.45) is 0 Å². The molecule has 1 atom stereocenters. The highest BCUT2D eigenvalue weighted by Gasteiger charge is 2.29. The fourth-order valence-corrected chi connectivity index (χ4v) is 2.52. The topological polar surface area (TPSA) is 41.6 Å². The van der Waals surface area contributed by atoms with E-state index in [9.17, 15) is 4.79 Å². The van der Waals surface area contributed by atoms with Gasteiger partial charge < -0.3 is 15.0 Å². The van der Waals surface area contributed by atoms with E-state index < -0.39 is 0 Å². The van der Waals surface area contributed by atoms with Gasteiger partial charge in [-0.1, -0.05) is 12.1 Å². The van der Waals surface area contributed by atoms with E-state index in [2.05, 4.69) is 31.3 Å². The zero-order valence-electron chi connectivity index (χ0n) is 13.0. The van der Waals surface area contributed by atoms with E-state index in [1.54, 1.807) is 19.0 Å². The molecule has 0 saturated heterocycles. The van der Waals surface area contributed by atoms with E-state index in [0.29, 0.717) is 6.54 Å². The lowest BCUT2D eigenvalue weighted by molar-refractivity contribution is -0.130. The summed E-state index contributed by atoms with van der Waals surface area (Å²) in [4.78, 5) is 13.4. The Morgan fingerprint density at radius 1 is 1.45 bits per heavy atom. The highest BCUT2D eigenvalue weighted by atomic mass is 16.5. The second-order valence-corrected chi connectivity index (χ2v) is 6.32. The summed E-state index contributed by atoms with van der Waals surface area (Å²) >= 11 is 0. The summed E-state index contributed by atoms with van der Waals surface area (Å²) in [6.45, 7) is 6.78. The molecule has 0 bridgehead atoms. The van der Waals surface area contributed by atoms with Gasteiger partial charge >= 0.3 is 0 Å². The van der Waals surface area contributed by atoms with Gasteiger partial charge in [-0.3, -0.25) is 4.79 Å². The molecule has 4 nitrogen and oxygen atoms in total. The van der Waals surface area contributed by atoms with Gasteiger partial charge in [0, 0.05) is 27.1 Å². The molecule has 0 aromatic heterocycles. The maximum Gasteiger partial charge on any atom is 0.238 e. The minimum absolute atomic E-state index is 0.0932. The molecule has 1 amide bonds. The first-order chi connectivity index (χ1) is 9.28. The summed E-state index contributed by atoms with van der Waals surface area (Å²) in [5.41, 5.74) is 2.33.